The lowest BCUT2D eigenvalue weighted by Gasteiger charge is -2.37. The maximum atomic E-state index is 13.3. The highest BCUT2D eigenvalue weighted by Crippen LogP contribution is 2.41. The van der Waals surface area contributed by atoms with Crippen molar-refractivity contribution in [3.8, 4) is 11.1 Å². The van der Waals surface area contributed by atoms with Gasteiger partial charge in [0, 0.05) is 62.3 Å². The van der Waals surface area contributed by atoms with Crippen molar-refractivity contribution in [3.05, 3.63) is 72.6 Å². The third-order valence-electron chi connectivity index (χ3n) is 6.20. The minimum atomic E-state index is -3.77. The lowest BCUT2D eigenvalue weighted by atomic mass is 9.90. The Morgan fingerprint density at radius 2 is 1.85 bits per heavy atom. The van der Waals surface area contributed by atoms with Crippen molar-refractivity contribution >= 4 is 32.4 Å². The Kier molecular flexibility index (Phi) is 5.34. The highest BCUT2D eigenvalue weighted by atomic mass is 32.2. The molecular formula is C25H27N5O2S. The second-order valence-corrected chi connectivity index (χ2v) is 10.5. The highest BCUT2D eigenvalue weighted by Gasteiger charge is 2.31. The van der Waals surface area contributed by atoms with Crippen LogP contribution in [0.5, 0.6) is 0 Å². The zero-order chi connectivity index (χ0) is 23.2. The first kappa shape index (κ1) is 21.5. The summed E-state index contributed by atoms with van der Waals surface area (Å²) in [4.78, 5) is 12.4. The van der Waals surface area contributed by atoms with Crippen molar-refractivity contribution in [3.63, 3.8) is 0 Å². The van der Waals surface area contributed by atoms with Crippen molar-refractivity contribution < 1.29 is 8.42 Å². The number of likely N-dealkylation sites (N-methyl/N-ethyl adjacent to an activating group) is 1. The third-order valence-corrected chi connectivity index (χ3v) is 7.56. The fourth-order valence-electron chi connectivity index (χ4n) is 4.40. The summed E-state index contributed by atoms with van der Waals surface area (Å²) in [6.07, 6.45) is 3.71. The van der Waals surface area contributed by atoms with E-state index in [2.05, 4.69) is 32.7 Å². The van der Waals surface area contributed by atoms with E-state index in [-0.39, 0.29) is 10.8 Å². The van der Waals surface area contributed by atoms with Gasteiger partial charge < -0.3 is 14.8 Å². The molecule has 0 spiro atoms. The number of sulfonamides is 1. The van der Waals surface area contributed by atoms with Crippen LogP contribution in [0.1, 0.15) is 11.5 Å². The number of hydrogen-bond acceptors (Lipinski definition) is 5. The van der Waals surface area contributed by atoms with E-state index >= 15 is 0 Å². The van der Waals surface area contributed by atoms with Gasteiger partial charge >= 0.3 is 0 Å². The molecule has 1 saturated heterocycles. The van der Waals surface area contributed by atoms with Crippen LogP contribution in [0.25, 0.3) is 22.2 Å². The zero-order valence-electron chi connectivity index (χ0n) is 18.9. The van der Waals surface area contributed by atoms with Crippen molar-refractivity contribution in [2.24, 2.45) is 0 Å². The van der Waals surface area contributed by atoms with E-state index in [9.17, 15) is 8.42 Å². The Balaban J connectivity index is 1.70. The summed E-state index contributed by atoms with van der Waals surface area (Å²) in [5, 5.41) is 0.789. The smallest absolute Gasteiger partial charge is 0.261 e. The molecule has 0 unspecified atom stereocenters. The summed E-state index contributed by atoms with van der Waals surface area (Å²) in [7, 11) is 2.29. The number of likely N-dealkylation sites (tertiary alicyclic amines) is 1. The number of pyridine rings is 1. The van der Waals surface area contributed by atoms with Crippen molar-refractivity contribution in [1.82, 2.24) is 14.9 Å². The fourth-order valence-corrected chi connectivity index (χ4v) is 5.52. The van der Waals surface area contributed by atoms with Crippen LogP contribution >= 0.6 is 0 Å². The molecule has 0 bridgehead atoms. The lowest BCUT2D eigenvalue weighted by Crippen LogP contribution is -2.42. The molecular weight excluding hydrogens is 434 g/mol. The summed E-state index contributed by atoms with van der Waals surface area (Å²) >= 11 is 0. The van der Waals surface area contributed by atoms with Crippen LogP contribution in [-0.2, 0) is 10.0 Å². The maximum absolute atomic E-state index is 13.3. The Morgan fingerprint density at radius 3 is 2.55 bits per heavy atom. The molecule has 2 aromatic heterocycles. The Morgan fingerprint density at radius 1 is 1.09 bits per heavy atom. The van der Waals surface area contributed by atoms with Crippen molar-refractivity contribution in [1.29, 1.82) is 0 Å². The molecule has 2 N–H and O–H groups in total. The number of nitrogens with one attached hydrogen (secondary N) is 2. The molecule has 3 heterocycles. The second-order valence-electron chi connectivity index (χ2n) is 8.80. The fraction of sp³-hybridized carbons (Fsp3) is 0.240. The largest absolute Gasteiger partial charge is 0.378 e. The molecule has 1 aliphatic heterocycles. The normalized spacial score (nSPS) is 14.9. The summed E-state index contributed by atoms with van der Waals surface area (Å²) in [5.41, 5.74) is 5.16. The van der Waals surface area contributed by atoms with E-state index in [1.807, 2.05) is 43.4 Å². The quantitative estimate of drug-likeness (QED) is 0.451. The Labute approximate surface area is 194 Å². The van der Waals surface area contributed by atoms with Gasteiger partial charge in [0.2, 0.25) is 0 Å². The van der Waals surface area contributed by atoms with E-state index in [4.69, 9.17) is 0 Å². The van der Waals surface area contributed by atoms with E-state index in [0.29, 0.717) is 11.3 Å². The molecule has 1 fully saturated rings. The molecule has 0 atom stereocenters. The SMILES string of the molecule is CN1CC(c2cnc3[nH]cc(-c4cccc(N(C)C)c4)c3c2NS(=O)(=O)c2ccccc2)C1. The summed E-state index contributed by atoms with van der Waals surface area (Å²) in [6, 6.07) is 16.7. The molecule has 1 aliphatic rings. The second kappa shape index (κ2) is 8.20. The molecule has 0 saturated carbocycles. The first-order valence-corrected chi connectivity index (χ1v) is 12.4. The molecule has 4 aromatic rings. The maximum Gasteiger partial charge on any atom is 0.261 e. The van der Waals surface area contributed by atoms with Gasteiger partial charge in [0.05, 0.1) is 16.0 Å². The predicted octanol–water partition coefficient (Wildman–Crippen LogP) is 4.13. The molecule has 0 aliphatic carbocycles. The first-order chi connectivity index (χ1) is 15.8. The summed E-state index contributed by atoms with van der Waals surface area (Å²) < 4.78 is 29.6. The van der Waals surface area contributed by atoms with Crippen LogP contribution in [0, 0.1) is 0 Å². The van der Waals surface area contributed by atoms with E-state index < -0.39 is 10.0 Å². The molecule has 0 radical (unpaired) electrons. The lowest BCUT2D eigenvalue weighted by molar-refractivity contribution is 0.190. The van der Waals surface area contributed by atoms with Gasteiger partial charge in [-0.25, -0.2) is 13.4 Å². The summed E-state index contributed by atoms with van der Waals surface area (Å²) in [6.45, 7) is 1.73. The zero-order valence-corrected chi connectivity index (χ0v) is 19.7. The van der Waals surface area contributed by atoms with Crippen LogP contribution in [0.4, 0.5) is 11.4 Å². The number of hydrogen-bond donors (Lipinski definition) is 2. The number of rotatable bonds is 6. The summed E-state index contributed by atoms with van der Waals surface area (Å²) in [5.74, 6) is 0.219. The van der Waals surface area contributed by atoms with Gasteiger partial charge in [0.25, 0.3) is 10.0 Å². The van der Waals surface area contributed by atoms with Gasteiger partial charge in [-0.1, -0.05) is 30.3 Å². The number of aromatic nitrogens is 2. The molecule has 7 nitrogen and oxygen atoms in total. The monoisotopic (exact) mass is 461 g/mol. The van der Waals surface area contributed by atoms with Crippen LogP contribution < -0.4 is 9.62 Å². The van der Waals surface area contributed by atoms with E-state index in [1.54, 1.807) is 36.5 Å². The number of fused-ring (bicyclic) bond motifs is 1. The minimum Gasteiger partial charge on any atom is -0.378 e. The predicted molar refractivity (Wildman–Crippen MR) is 133 cm³/mol. The number of anilines is 2. The third kappa shape index (κ3) is 3.96. The van der Waals surface area contributed by atoms with Crippen molar-refractivity contribution in [2.45, 2.75) is 10.8 Å². The highest BCUT2D eigenvalue weighted by molar-refractivity contribution is 7.92. The van der Waals surface area contributed by atoms with Gasteiger partial charge in [0.15, 0.2) is 0 Å². The van der Waals surface area contributed by atoms with Crippen LogP contribution in [0.15, 0.2) is 71.9 Å². The van der Waals surface area contributed by atoms with Gasteiger partial charge in [-0.3, -0.25) is 4.72 Å². The van der Waals surface area contributed by atoms with Gasteiger partial charge in [-0.15, -0.1) is 0 Å². The Hall–Kier alpha value is -3.36. The molecule has 33 heavy (non-hydrogen) atoms. The van der Waals surface area contributed by atoms with Crippen molar-refractivity contribution in [2.75, 3.05) is 43.9 Å². The standard InChI is InChI=1S/C25H27N5O2S/c1-29(2)19-9-7-8-17(12-19)21-13-26-25-23(21)24(22(14-27-25)18-15-30(3)16-18)28-33(31,32)20-10-5-4-6-11-20/h4-14,18H,15-16H2,1-3H3,(H2,26,27,28). The topological polar surface area (TPSA) is 81.3 Å². The number of nitrogens with zero attached hydrogens (tertiary/aromatic N) is 3. The number of H-pyrrole nitrogens is 1. The molecule has 0 amide bonds. The van der Waals surface area contributed by atoms with Gasteiger partial charge in [-0.2, -0.15) is 0 Å². The van der Waals surface area contributed by atoms with Gasteiger partial charge in [-0.05, 0) is 36.9 Å². The average Bonchev–Trinajstić information content (AvgIpc) is 3.23. The van der Waals surface area contributed by atoms with Crippen LogP contribution in [0.2, 0.25) is 0 Å². The molecule has 2 aromatic carbocycles. The van der Waals surface area contributed by atoms with Crippen LogP contribution in [-0.4, -0.2) is 57.5 Å². The minimum absolute atomic E-state index is 0.219. The number of benzene rings is 2. The molecule has 170 valence electrons. The Bertz CT molecular complexity index is 1410. The van der Waals surface area contributed by atoms with Gasteiger partial charge in [0.1, 0.15) is 5.65 Å². The first-order valence-electron chi connectivity index (χ1n) is 10.9. The van der Waals surface area contributed by atoms with E-state index in [0.717, 1.165) is 40.9 Å². The molecule has 5 rings (SSSR count). The molecule has 8 heteroatoms. The van der Waals surface area contributed by atoms with E-state index in [1.165, 1.54) is 0 Å². The average molecular weight is 462 g/mol. The number of aromatic amines is 1. The van der Waals surface area contributed by atoms with Crippen LogP contribution in [0.3, 0.4) is 0 Å².